The summed E-state index contributed by atoms with van der Waals surface area (Å²) in [4.78, 5) is 11.6. The molecule has 0 saturated heterocycles. The van der Waals surface area contributed by atoms with Crippen LogP contribution in [0.5, 0.6) is 5.75 Å². The van der Waals surface area contributed by atoms with E-state index in [0.717, 1.165) is 24.2 Å². The second kappa shape index (κ2) is 5.27. The summed E-state index contributed by atoms with van der Waals surface area (Å²) >= 11 is 6.09. The molecule has 1 aromatic carbocycles. The van der Waals surface area contributed by atoms with Crippen LogP contribution in [0, 0.1) is 0 Å². The Hall–Kier alpha value is -1.42. The first-order valence-electron chi connectivity index (χ1n) is 5.71. The van der Waals surface area contributed by atoms with Gasteiger partial charge in [0.15, 0.2) is 0 Å². The highest BCUT2D eigenvalue weighted by atomic mass is 35.5. The zero-order valence-corrected chi connectivity index (χ0v) is 10.4. The third-order valence-electron chi connectivity index (χ3n) is 2.60. The summed E-state index contributed by atoms with van der Waals surface area (Å²) in [6, 6.07) is 3.34. The third-order valence-corrected chi connectivity index (χ3v) is 2.92. The maximum absolute atomic E-state index is 11.6. The minimum Gasteiger partial charge on any atom is -0.493 e. The molecule has 0 aromatic heterocycles. The fourth-order valence-electron chi connectivity index (χ4n) is 1.78. The number of benzene rings is 1. The summed E-state index contributed by atoms with van der Waals surface area (Å²) in [5.74, 6) is 0.806. The van der Waals surface area contributed by atoms with Gasteiger partial charge in [0.25, 0.3) is 0 Å². The first-order valence-corrected chi connectivity index (χ1v) is 6.09. The van der Waals surface area contributed by atoms with Gasteiger partial charge in [-0.1, -0.05) is 18.5 Å². The minimum absolute atomic E-state index is 0.228. The fraction of sp³-hybridized carbons (Fsp3) is 0.417. The van der Waals surface area contributed by atoms with Crippen LogP contribution in [0.1, 0.15) is 18.9 Å². The van der Waals surface area contributed by atoms with Gasteiger partial charge >= 0.3 is 6.03 Å². The molecule has 0 bridgehead atoms. The van der Waals surface area contributed by atoms with Gasteiger partial charge in [0.1, 0.15) is 5.75 Å². The van der Waals surface area contributed by atoms with Crippen molar-refractivity contribution in [1.82, 2.24) is 5.32 Å². The SMILES string of the molecule is CCCNC(=O)Nc1c(Cl)ccc2c1CCO2. The molecule has 2 rings (SSSR count). The first kappa shape index (κ1) is 12.0. The third kappa shape index (κ3) is 2.64. The summed E-state index contributed by atoms with van der Waals surface area (Å²) in [5, 5.41) is 6.08. The lowest BCUT2D eigenvalue weighted by Crippen LogP contribution is -2.29. The number of amides is 2. The van der Waals surface area contributed by atoms with E-state index in [0.29, 0.717) is 23.9 Å². The molecule has 2 amide bonds. The quantitative estimate of drug-likeness (QED) is 0.872. The molecule has 2 N–H and O–H groups in total. The average molecular weight is 255 g/mol. The van der Waals surface area contributed by atoms with E-state index in [2.05, 4.69) is 10.6 Å². The van der Waals surface area contributed by atoms with Crippen molar-refractivity contribution in [2.75, 3.05) is 18.5 Å². The lowest BCUT2D eigenvalue weighted by Gasteiger charge is -2.11. The summed E-state index contributed by atoms with van der Waals surface area (Å²) in [6.45, 7) is 3.29. The molecule has 92 valence electrons. The van der Waals surface area contributed by atoms with Gasteiger partial charge in [-0.25, -0.2) is 4.79 Å². The number of nitrogens with one attached hydrogen (secondary N) is 2. The summed E-state index contributed by atoms with van der Waals surface area (Å²) in [5.41, 5.74) is 1.64. The van der Waals surface area contributed by atoms with Crippen molar-refractivity contribution < 1.29 is 9.53 Å². The van der Waals surface area contributed by atoms with Crippen molar-refractivity contribution in [3.63, 3.8) is 0 Å². The van der Waals surface area contributed by atoms with Crippen LogP contribution in [0.2, 0.25) is 5.02 Å². The topological polar surface area (TPSA) is 50.4 Å². The highest BCUT2D eigenvalue weighted by Crippen LogP contribution is 2.36. The Morgan fingerprint density at radius 1 is 1.53 bits per heavy atom. The molecule has 4 nitrogen and oxygen atoms in total. The van der Waals surface area contributed by atoms with Crippen molar-refractivity contribution in [3.8, 4) is 5.75 Å². The standard InChI is InChI=1S/C12H15ClN2O2/c1-2-6-14-12(16)15-11-8-5-7-17-10(8)4-3-9(11)13/h3-4H,2,5-7H2,1H3,(H2,14,15,16). The van der Waals surface area contributed by atoms with Crippen molar-refractivity contribution in [2.24, 2.45) is 0 Å². The van der Waals surface area contributed by atoms with Gasteiger partial charge in [-0.15, -0.1) is 0 Å². The van der Waals surface area contributed by atoms with Crippen LogP contribution in [-0.4, -0.2) is 19.2 Å². The highest BCUT2D eigenvalue weighted by molar-refractivity contribution is 6.34. The maximum Gasteiger partial charge on any atom is 0.319 e. The van der Waals surface area contributed by atoms with E-state index >= 15 is 0 Å². The molecule has 0 spiro atoms. The van der Waals surface area contributed by atoms with Crippen LogP contribution in [-0.2, 0) is 6.42 Å². The number of hydrogen-bond donors (Lipinski definition) is 2. The molecule has 1 heterocycles. The molecule has 17 heavy (non-hydrogen) atoms. The van der Waals surface area contributed by atoms with Crippen molar-refractivity contribution in [1.29, 1.82) is 0 Å². The molecule has 0 unspecified atom stereocenters. The molecule has 1 aromatic rings. The number of rotatable bonds is 3. The zero-order chi connectivity index (χ0) is 12.3. The lowest BCUT2D eigenvalue weighted by molar-refractivity contribution is 0.252. The summed E-state index contributed by atoms with van der Waals surface area (Å²) in [7, 11) is 0. The van der Waals surface area contributed by atoms with Gasteiger partial charge in [-0.3, -0.25) is 0 Å². The molecule has 1 aliphatic heterocycles. The van der Waals surface area contributed by atoms with E-state index in [4.69, 9.17) is 16.3 Å². The van der Waals surface area contributed by atoms with Gasteiger partial charge in [0.05, 0.1) is 17.3 Å². The molecule has 0 aliphatic carbocycles. The van der Waals surface area contributed by atoms with Crippen LogP contribution >= 0.6 is 11.6 Å². The van der Waals surface area contributed by atoms with Crippen molar-refractivity contribution in [3.05, 3.63) is 22.7 Å². The van der Waals surface area contributed by atoms with E-state index in [9.17, 15) is 4.79 Å². The van der Waals surface area contributed by atoms with Gasteiger partial charge in [-0.05, 0) is 18.6 Å². The van der Waals surface area contributed by atoms with E-state index < -0.39 is 0 Å². The minimum atomic E-state index is -0.228. The number of urea groups is 1. The maximum atomic E-state index is 11.6. The Balaban J connectivity index is 2.15. The van der Waals surface area contributed by atoms with E-state index in [1.807, 2.05) is 13.0 Å². The molecule has 0 atom stereocenters. The molecule has 5 heteroatoms. The summed E-state index contributed by atoms with van der Waals surface area (Å²) < 4.78 is 5.43. The van der Waals surface area contributed by atoms with E-state index in [1.165, 1.54) is 0 Å². The predicted molar refractivity (Wildman–Crippen MR) is 68.0 cm³/mol. The monoisotopic (exact) mass is 254 g/mol. The van der Waals surface area contributed by atoms with Crippen LogP contribution in [0.4, 0.5) is 10.5 Å². The van der Waals surface area contributed by atoms with E-state index in [-0.39, 0.29) is 6.03 Å². The second-order valence-corrected chi connectivity index (χ2v) is 4.29. The Labute approximate surface area is 105 Å². The first-order chi connectivity index (χ1) is 8.22. The van der Waals surface area contributed by atoms with Crippen LogP contribution < -0.4 is 15.4 Å². The van der Waals surface area contributed by atoms with Crippen LogP contribution in [0.15, 0.2) is 12.1 Å². The number of fused-ring (bicyclic) bond motifs is 1. The van der Waals surface area contributed by atoms with Gasteiger partial charge < -0.3 is 15.4 Å². The number of halogens is 1. The number of carbonyl (C=O) groups excluding carboxylic acids is 1. The van der Waals surface area contributed by atoms with E-state index in [1.54, 1.807) is 6.07 Å². The van der Waals surface area contributed by atoms with Crippen molar-refractivity contribution in [2.45, 2.75) is 19.8 Å². The Kier molecular flexibility index (Phi) is 3.74. The summed E-state index contributed by atoms with van der Waals surface area (Å²) in [6.07, 6.45) is 1.68. The smallest absolute Gasteiger partial charge is 0.319 e. The normalized spacial score (nSPS) is 12.8. The number of anilines is 1. The molecule has 0 saturated carbocycles. The fourth-order valence-corrected chi connectivity index (χ4v) is 2.00. The molecular formula is C12H15ClN2O2. The second-order valence-electron chi connectivity index (χ2n) is 3.88. The van der Waals surface area contributed by atoms with Gasteiger partial charge in [0, 0.05) is 18.5 Å². The van der Waals surface area contributed by atoms with Crippen molar-refractivity contribution >= 4 is 23.3 Å². The molecular weight excluding hydrogens is 240 g/mol. The lowest BCUT2D eigenvalue weighted by atomic mass is 10.1. The van der Waals surface area contributed by atoms with Crippen LogP contribution in [0.3, 0.4) is 0 Å². The molecule has 0 radical (unpaired) electrons. The largest absolute Gasteiger partial charge is 0.493 e. The molecule has 1 aliphatic rings. The zero-order valence-electron chi connectivity index (χ0n) is 9.68. The Morgan fingerprint density at radius 3 is 3.12 bits per heavy atom. The number of hydrogen-bond acceptors (Lipinski definition) is 2. The number of ether oxygens (including phenoxy) is 1. The average Bonchev–Trinajstić information content (AvgIpc) is 2.78. The Bertz CT molecular complexity index is 435. The Morgan fingerprint density at radius 2 is 2.35 bits per heavy atom. The van der Waals surface area contributed by atoms with Gasteiger partial charge in [0.2, 0.25) is 0 Å². The number of carbonyl (C=O) groups is 1. The van der Waals surface area contributed by atoms with Gasteiger partial charge in [-0.2, -0.15) is 0 Å². The molecule has 0 fully saturated rings. The highest BCUT2D eigenvalue weighted by Gasteiger charge is 2.19. The predicted octanol–water partition coefficient (Wildman–Crippen LogP) is 2.81. The van der Waals surface area contributed by atoms with Crippen LogP contribution in [0.25, 0.3) is 0 Å².